The Kier molecular flexibility index (Phi) is 3.05. The normalized spacial score (nSPS) is 45.1. The summed E-state index contributed by atoms with van der Waals surface area (Å²) in [6.45, 7) is 3.14. The molecule has 0 aromatic carbocycles. The number of nitrogens with zero attached hydrogens (tertiary/aromatic N) is 3. The maximum Gasteiger partial charge on any atom is 0.258 e. The van der Waals surface area contributed by atoms with E-state index in [0.29, 0.717) is 0 Å². The molecule has 8 nitrogen and oxygen atoms in total. The van der Waals surface area contributed by atoms with Gasteiger partial charge in [-0.15, -0.1) is 6.58 Å². The van der Waals surface area contributed by atoms with Gasteiger partial charge in [0.2, 0.25) is 0 Å². The Labute approximate surface area is 136 Å². The van der Waals surface area contributed by atoms with Gasteiger partial charge in [0.25, 0.3) is 11.8 Å². The van der Waals surface area contributed by atoms with Crippen molar-refractivity contribution in [1.29, 1.82) is 0 Å². The fraction of sp³-hybridized carbons (Fsp3) is 0.643. The van der Waals surface area contributed by atoms with Crippen molar-refractivity contribution in [2.45, 2.75) is 36.9 Å². The SMILES string of the molecule is C=C[C@H]1[C@H](N2C=NC3C(=O)NC(N)=NC32)O[C@H](CO)C12CC2(F)F. The zero-order valence-corrected chi connectivity index (χ0v) is 12.6. The van der Waals surface area contributed by atoms with E-state index in [2.05, 4.69) is 21.9 Å². The maximum atomic E-state index is 14.1. The molecule has 0 aromatic rings. The summed E-state index contributed by atoms with van der Waals surface area (Å²) in [5, 5.41) is 11.9. The van der Waals surface area contributed by atoms with Gasteiger partial charge < -0.3 is 20.5 Å². The second-order valence-corrected chi connectivity index (χ2v) is 6.45. The summed E-state index contributed by atoms with van der Waals surface area (Å²) in [6.07, 6.45) is -0.220. The first kappa shape index (κ1) is 15.5. The van der Waals surface area contributed by atoms with E-state index >= 15 is 0 Å². The summed E-state index contributed by atoms with van der Waals surface area (Å²) >= 11 is 0. The molecule has 3 heterocycles. The number of hydrogen-bond acceptors (Lipinski definition) is 7. The van der Waals surface area contributed by atoms with E-state index in [4.69, 9.17) is 10.5 Å². The van der Waals surface area contributed by atoms with E-state index in [1.807, 2.05) is 0 Å². The summed E-state index contributed by atoms with van der Waals surface area (Å²) in [7, 11) is 0. The van der Waals surface area contributed by atoms with Crippen molar-refractivity contribution < 1.29 is 23.4 Å². The Morgan fingerprint density at radius 2 is 2.33 bits per heavy atom. The average Bonchev–Trinajstić information content (AvgIpc) is 2.86. The molecule has 0 bridgehead atoms. The molecular weight excluding hydrogens is 324 g/mol. The van der Waals surface area contributed by atoms with Crippen LogP contribution < -0.4 is 11.1 Å². The molecule has 0 aromatic heterocycles. The van der Waals surface area contributed by atoms with Gasteiger partial charge in [0, 0.05) is 12.3 Å². The first-order chi connectivity index (χ1) is 11.4. The average molecular weight is 341 g/mol. The highest BCUT2D eigenvalue weighted by molar-refractivity contribution is 6.02. The third-order valence-corrected chi connectivity index (χ3v) is 5.30. The van der Waals surface area contributed by atoms with Gasteiger partial charge >= 0.3 is 0 Å². The lowest BCUT2D eigenvalue weighted by molar-refractivity contribution is -0.123. The van der Waals surface area contributed by atoms with E-state index in [1.165, 1.54) is 17.3 Å². The van der Waals surface area contributed by atoms with E-state index in [1.54, 1.807) is 0 Å². The predicted octanol–water partition coefficient (Wildman–Crippen LogP) is -0.986. The number of guanidine groups is 1. The van der Waals surface area contributed by atoms with Gasteiger partial charge in [-0.2, -0.15) is 0 Å². The smallest absolute Gasteiger partial charge is 0.258 e. The second kappa shape index (κ2) is 4.73. The third kappa shape index (κ3) is 1.75. The Morgan fingerprint density at radius 1 is 1.62 bits per heavy atom. The molecular formula is C14H17F2N5O3. The number of aliphatic hydroxyl groups is 1. The molecule has 1 amide bonds. The Bertz CT molecular complexity index is 669. The molecule has 4 rings (SSSR count). The molecule has 1 saturated heterocycles. The number of aliphatic imine (C=N–C) groups is 2. The fourth-order valence-corrected chi connectivity index (χ4v) is 4.05. The highest BCUT2D eigenvalue weighted by Gasteiger charge is 2.81. The Hall–Kier alpha value is -2.07. The minimum Gasteiger partial charge on any atom is -0.394 e. The lowest BCUT2D eigenvalue weighted by atomic mass is 9.85. The van der Waals surface area contributed by atoms with Gasteiger partial charge in [0.15, 0.2) is 18.2 Å². The molecule has 1 aliphatic carbocycles. The molecule has 130 valence electrons. The number of amides is 1. The van der Waals surface area contributed by atoms with E-state index in [-0.39, 0.29) is 12.4 Å². The predicted molar refractivity (Wildman–Crippen MR) is 79.1 cm³/mol. The van der Waals surface area contributed by atoms with E-state index in [0.717, 1.165) is 0 Å². The van der Waals surface area contributed by atoms with E-state index in [9.17, 15) is 18.7 Å². The number of fused-ring (bicyclic) bond motifs is 1. The molecule has 1 saturated carbocycles. The number of ether oxygens (including phenoxy) is 1. The highest BCUT2D eigenvalue weighted by atomic mass is 19.3. The maximum absolute atomic E-state index is 14.1. The lowest BCUT2D eigenvalue weighted by Gasteiger charge is -2.33. The number of carbonyl (C=O) groups excluding carboxylic acids is 1. The molecule has 1 spiro atoms. The summed E-state index contributed by atoms with van der Waals surface area (Å²) in [6, 6.07) is -0.810. The van der Waals surface area contributed by atoms with Crippen LogP contribution in [-0.4, -0.2) is 65.3 Å². The molecule has 4 N–H and O–H groups in total. The molecule has 3 unspecified atom stereocenters. The van der Waals surface area contributed by atoms with Gasteiger partial charge in [-0.05, 0) is 0 Å². The van der Waals surface area contributed by atoms with Gasteiger partial charge in [-0.1, -0.05) is 6.08 Å². The van der Waals surface area contributed by atoms with Gasteiger partial charge in [0.1, 0.15) is 6.23 Å². The van der Waals surface area contributed by atoms with Gasteiger partial charge in [0.05, 0.1) is 24.5 Å². The Morgan fingerprint density at radius 3 is 2.92 bits per heavy atom. The molecule has 10 heteroatoms. The zero-order valence-electron chi connectivity index (χ0n) is 12.6. The third-order valence-electron chi connectivity index (χ3n) is 5.30. The van der Waals surface area contributed by atoms with Crippen LogP contribution in [0.2, 0.25) is 0 Å². The van der Waals surface area contributed by atoms with Crippen molar-refractivity contribution in [1.82, 2.24) is 10.2 Å². The van der Waals surface area contributed by atoms with E-state index < -0.39 is 54.3 Å². The molecule has 0 radical (unpaired) electrons. The van der Waals surface area contributed by atoms with Crippen molar-refractivity contribution in [2.75, 3.05) is 6.61 Å². The number of halogens is 2. The molecule has 3 aliphatic heterocycles. The number of hydrogen-bond donors (Lipinski definition) is 3. The number of nitrogens with one attached hydrogen (secondary N) is 1. The zero-order chi connectivity index (χ0) is 17.3. The van der Waals surface area contributed by atoms with Crippen LogP contribution in [0.15, 0.2) is 22.6 Å². The number of alkyl halides is 2. The first-order valence-corrected chi connectivity index (χ1v) is 7.57. The largest absolute Gasteiger partial charge is 0.394 e. The van der Waals surface area contributed by atoms with Gasteiger partial charge in [-0.3, -0.25) is 15.1 Å². The van der Waals surface area contributed by atoms with Crippen LogP contribution in [0.3, 0.4) is 0 Å². The van der Waals surface area contributed by atoms with Crippen LogP contribution in [0, 0.1) is 11.3 Å². The second-order valence-electron chi connectivity index (χ2n) is 6.45. The van der Waals surface area contributed by atoms with Crippen molar-refractivity contribution >= 4 is 18.2 Å². The van der Waals surface area contributed by atoms with Crippen molar-refractivity contribution in [2.24, 2.45) is 27.1 Å². The minimum atomic E-state index is -2.93. The number of aliphatic hydroxyl groups excluding tert-OH is 1. The highest BCUT2D eigenvalue weighted by Crippen LogP contribution is 2.71. The summed E-state index contributed by atoms with van der Waals surface area (Å²) < 4.78 is 33.9. The van der Waals surface area contributed by atoms with Crippen LogP contribution >= 0.6 is 0 Å². The van der Waals surface area contributed by atoms with Crippen LogP contribution in [-0.2, 0) is 9.53 Å². The Balaban J connectivity index is 1.68. The topological polar surface area (TPSA) is 113 Å². The molecule has 4 aliphatic rings. The van der Waals surface area contributed by atoms with Crippen molar-refractivity contribution in [3.8, 4) is 0 Å². The van der Waals surface area contributed by atoms with Gasteiger partial charge in [-0.25, -0.2) is 13.8 Å². The minimum absolute atomic E-state index is 0.0601. The quantitative estimate of drug-likeness (QED) is 0.571. The molecule has 2 fully saturated rings. The monoisotopic (exact) mass is 341 g/mol. The molecule has 24 heavy (non-hydrogen) atoms. The van der Waals surface area contributed by atoms with Crippen molar-refractivity contribution in [3.05, 3.63) is 12.7 Å². The van der Waals surface area contributed by atoms with Crippen LogP contribution in [0.1, 0.15) is 6.42 Å². The lowest BCUT2D eigenvalue weighted by Crippen LogP contribution is -2.56. The number of nitrogens with two attached hydrogens (primary N) is 1. The molecule has 6 atom stereocenters. The summed E-state index contributed by atoms with van der Waals surface area (Å²) in [5.74, 6) is -4.15. The van der Waals surface area contributed by atoms with Crippen LogP contribution in [0.25, 0.3) is 0 Å². The number of carbonyl (C=O) groups is 1. The fourth-order valence-electron chi connectivity index (χ4n) is 4.05. The summed E-state index contributed by atoms with van der Waals surface area (Å²) in [5.41, 5.74) is 4.11. The van der Waals surface area contributed by atoms with Crippen molar-refractivity contribution in [3.63, 3.8) is 0 Å². The summed E-state index contributed by atoms with van der Waals surface area (Å²) in [4.78, 5) is 21.7. The number of rotatable bonds is 3. The van der Waals surface area contributed by atoms with Crippen LogP contribution in [0.4, 0.5) is 8.78 Å². The first-order valence-electron chi connectivity index (χ1n) is 7.57. The standard InChI is InChI=1S/C14H17F2N5O3/c1-2-6-11(24-7(3-22)13(6)4-14(13,15)16)21-5-18-8-9(21)19-12(17)20-10(8)23/h2,5-9,11,22H,1,3-4H2,(H3,17,19,20,23)/t6-,7+,8?,9?,11+,13?/m0/s1. The van der Waals surface area contributed by atoms with Crippen LogP contribution in [0.5, 0.6) is 0 Å².